The summed E-state index contributed by atoms with van der Waals surface area (Å²) in [6.45, 7) is 0.564. The largest absolute Gasteiger partial charge is 0.493 e. The summed E-state index contributed by atoms with van der Waals surface area (Å²) in [5, 5.41) is 4.32. The fourth-order valence-corrected chi connectivity index (χ4v) is 3.40. The molecule has 0 saturated heterocycles. The van der Waals surface area contributed by atoms with E-state index in [1.54, 1.807) is 20.4 Å². The van der Waals surface area contributed by atoms with Crippen molar-refractivity contribution in [2.75, 3.05) is 26.1 Å². The number of rotatable bonds is 6. The van der Waals surface area contributed by atoms with Crippen molar-refractivity contribution >= 4 is 32.7 Å². The maximum Gasteiger partial charge on any atom is 0.161 e. The van der Waals surface area contributed by atoms with E-state index < -0.39 is 0 Å². The molecular formula is C20H19BrN4O3. The van der Waals surface area contributed by atoms with Crippen LogP contribution in [-0.4, -0.2) is 36.8 Å². The highest BCUT2D eigenvalue weighted by molar-refractivity contribution is 9.11. The molecule has 4 rings (SSSR count). The molecule has 1 unspecified atom stereocenters. The van der Waals surface area contributed by atoms with Crippen molar-refractivity contribution in [1.82, 2.24) is 15.4 Å². The molecule has 1 aromatic carbocycles. The van der Waals surface area contributed by atoms with Crippen LogP contribution in [0.5, 0.6) is 11.5 Å². The molecule has 8 heteroatoms. The van der Waals surface area contributed by atoms with Gasteiger partial charge >= 0.3 is 0 Å². The Balaban J connectivity index is 1.71. The van der Waals surface area contributed by atoms with Crippen LogP contribution in [0.25, 0.3) is 22.2 Å². The molecule has 28 heavy (non-hydrogen) atoms. The molecular weight excluding hydrogens is 424 g/mol. The van der Waals surface area contributed by atoms with Crippen molar-refractivity contribution in [3.8, 4) is 22.8 Å². The second-order valence-corrected chi connectivity index (χ2v) is 7.00. The van der Waals surface area contributed by atoms with Crippen LogP contribution >= 0.6 is 15.9 Å². The van der Waals surface area contributed by atoms with Gasteiger partial charge in [0, 0.05) is 23.7 Å². The highest BCUT2D eigenvalue weighted by Gasteiger charge is 2.16. The maximum atomic E-state index is 5.44. The van der Waals surface area contributed by atoms with Gasteiger partial charge in [-0.2, -0.15) is 0 Å². The van der Waals surface area contributed by atoms with E-state index in [1.807, 2.05) is 42.5 Å². The number of halogens is 1. The Morgan fingerprint density at radius 2 is 2.04 bits per heavy atom. The molecule has 0 bridgehead atoms. The summed E-state index contributed by atoms with van der Waals surface area (Å²) in [6.07, 6.45) is 3.62. The molecule has 1 aliphatic rings. The minimum absolute atomic E-state index is 0.104. The molecule has 0 aliphatic carbocycles. The molecule has 2 aromatic heterocycles. The van der Waals surface area contributed by atoms with Gasteiger partial charge in [0.1, 0.15) is 16.5 Å². The van der Waals surface area contributed by atoms with Crippen LogP contribution in [0.2, 0.25) is 0 Å². The molecule has 144 valence electrons. The Morgan fingerprint density at radius 1 is 1.18 bits per heavy atom. The summed E-state index contributed by atoms with van der Waals surface area (Å²) < 4.78 is 11.6. The summed E-state index contributed by atoms with van der Waals surface area (Å²) in [5.74, 6) is 2.07. The van der Waals surface area contributed by atoms with Crippen molar-refractivity contribution in [3.05, 3.63) is 53.3 Å². The smallest absolute Gasteiger partial charge is 0.161 e. The summed E-state index contributed by atoms with van der Waals surface area (Å²) in [5.41, 5.74) is 5.34. The average molecular weight is 443 g/mol. The zero-order valence-corrected chi connectivity index (χ0v) is 17.0. The lowest BCUT2D eigenvalue weighted by atomic mass is 10.1. The van der Waals surface area contributed by atoms with Gasteiger partial charge in [0.2, 0.25) is 0 Å². The standard InChI is InChI=1S/C20H19BrN4O3/c1-26-17-6-5-12(8-18(17)27-2)15-10-16-14(4-3-7-22-16)20(24-15)23-11-13-9-19(21)25-28-13/h3-10,13,25H,11H2,1-2H3,(H,23,24). The van der Waals surface area contributed by atoms with E-state index in [9.17, 15) is 0 Å². The Kier molecular flexibility index (Phi) is 5.31. The second kappa shape index (κ2) is 8.04. The van der Waals surface area contributed by atoms with Crippen molar-refractivity contribution in [2.45, 2.75) is 6.10 Å². The molecule has 2 N–H and O–H groups in total. The molecule has 3 aromatic rings. The Hall–Kier alpha value is -2.84. The lowest BCUT2D eigenvalue weighted by Crippen LogP contribution is -2.21. The number of nitrogens with one attached hydrogen (secondary N) is 2. The first kappa shape index (κ1) is 18.5. The van der Waals surface area contributed by atoms with Gasteiger partial charge in [0.25, 0.3) is 0 Å². The van der Waals surface area contributed by atoms with Gasteiger partial charge in [-0.1, -0.05) is 0 Å². The van der Waals surface area contributed by atoms with Gasteiger partial charge < -0.3 is 14.8 Å². The fourth-order valence-electron chi connectivity index (χ4n) is 3.01. The Morgan fingerprint density at radius 3 is 2.79 bits per heavy atom. The molecule has 0 fully saturated rings. The average Bonchev–Trinajstić information content (AvgIpc) is 3.16. The van der Waals surface area contributed by atoms with E-state index in [0.717, 1.165) is 32.6 Å². The summed E-state index contributed by atoms with van der Waals surface area (Å²) in [7, 11) is 3.23. The third kappa shape index (κ3) is 3.74. The SMILES string of the molecule is COc1ccc(-c2cc3ncccc3c(NCC3C=C(Br)NO3)n2)cc1OC. The molecule has 1 atom stereocenters. The number of fused-ring (bicyclic) bond motifs is 1. The van der Waals surface area contributed by atoms with Crippen molar-refractivity contribution in [3.63, 3.8) is 0 Å². The minimum Gasteiger partial charge on any atom is -0.493 e. The van der Waals surface area contributed by atoms with E-state index in [1.165, 1.54) is 0 Å². The summed E-state index contributed by atoms with van der Waals surface area (Å²) >= 11 is 3.36. The summed E-state index contributed by atoms with van der Waals surface area (Å²) in [4.78, 5) is 14.8. The summed E-state index contributed by atoms with van der Waals surface area (Å²) in [6, 6.07) is 11.6. The highest BCUT2D eigenvalue weighted by Crippen LogP contribution is 2.33. The molecule has 1 aliphatic heterocycles. The third-order valence-electron chi connectivity index (χ3n) is 4.39. The number of anilines is 1. The Bertz CT molecular complexity index is 1040. The van der Waals surface area contributed by atoms with Crippen LogP contribution in [0.4, 0.5) is 5.82 Å². The number of hydrogen-bond donors (Lipinski definition) is 2. The van der Waals surface area contributed by atoms with Crippen LogP contribution in [0, 0.1) is 0 Å². The van der Waals surface area contributed by atoms with Crippen LogP contribution in [-0.2, 0) is 4.84 Å². The first-order chi connectivity index (χ1) is 13.7. The van der Waals surface area contributed by atoms with Crippen molar-refractivity contribution < 1.29 is 14.3 Å². The first-order valence-electron chi connectivity index (χ1n) is 8.69. The molecule has 3 heterocycles. The van der Waals surface area contributed by atoms with Crippen molar-refractivity contribution in [2.24, 2.45) is 0 Å². The number of ether oxygens (including phenoxy) is 2. The first-order valence-corrected chi connectivity index (χ1v) is 9.48. The van der Waals surface area contributed by atoms with Crippen LogP contribution in [0.3, 0.4) is 0 Å². The molecule has 7 nitrogen and oxygen atoms in total. The molecule has 0 spiro atoms. The van der Waals surface area contributed by atoms with Crippen molar-refractivity contribution in [1.29, 1.82) is 0 Å². The van der Waals surface area contributed by atoms with Gasteiger partial charge in [-0.3, -0.25) is 15.3 Å². The topological polar surface area (TPSA) is 77.5 Å². The maximum absolute atomic E-state index is 5.44. The lowest BCUT2D eigenvalue weighted by Gasteiger charge is -2.14. The van der Waals surface area contributed by atoms with Gasteiger partial charge in [-0.25, -0.2) is 4.98 Å². The molecule has 0 radical (unpaired) electrons. The van der Waals surface area contributed by atoms with Gasteiger partial charge in [-0.05, 0) is 58.4 Å². The number of methoxy groups -OCH3 is 2. The Labute approximate surface area is 170 Å². The highest BCUT2D eigenvalue weighted by atomic mass is 79.9. The van der Waals surface area contributed by atoms with E-state index >= 15 is 0 Å². The predicted octanol–water partition coefficient (Wildman–Crippen LogP) is 3.87. The minimum atomic E-state index is -0.104. The van der Waals surface area contributed by atoms with E-state index in [-0.39, 0.29) is 6.10 Å². The third-order valence-corrected chi connectivity index (χ3v) is 4.82. The van der Waals surface area contributed by atoms with E-state index in [4.69, 9.17) is 19.3 Å². The van der Waals surface area contributed by atoms with Crippen LogP contribution in [0.15, 0.2) is 53.3 Å². The number of nitrogens with zero attached hydrogens (tertiary/aromatic N) is 2. The van der Waals surface area contributed by atoms with Crippen LogP contribution < -0.4 is 20.3 Å². The van der Waals surface area contributed by atoms with Gasteiger partial charge in [0.15, 0.2) is 11.5 Å². The quantitative estimate of drug-likeness (QED) is 0.561. The van der Waals surface area contributed by atoms with E-state index in [2.05, 4.69) is 31.7 Å². The predicted molar refractivity (Wildman–Crippen MR) is 112 cm³/mol. The van der Waals surface area contributed by atoms with Gasteiger partial charge in [0.05, 0.1) is 25.4 Å². The van der Waals surface area contributed by atoms with E-state index in [0.29, 0.717) is 18.0 Å². The number of hydrogen-bond acceptors (Lipinski definition) is 7. The molecule has 0 amide bonds. The molecule has 0 saturated carbocycles. The lowest BCUT2D eigenvalue weighted by molar-refractivity contribution is 0.0536. The number of benzene rings is 1. The normalized spacial score (nSPS) is 15.8. The zero-order chi connectivity index (χ0) is 19.5. The number of pyridine rings is 2. The fraction of sp³-hybridized carbons (Fsp3) is 0.200. The second-order valence-electron chi connectivity index (χ2n) is 6.15. The number of hydroxylamine groups is 1. The zero-order valence-electron chi connectivity index (χ0n) is 15.4. The van der Waals surface area contributed by atoms with Gasteiger partial charge in [-0.15, -0.1) is 0 Å². The monoisotopic (exact) mass is 442 g/mol. The number of aromatic nitrogens is 2. The van der Waals surface area contributed by atoms with Crippen LogP contribution in [0.1, 0.15) is 0 Å².